The maximum Gasteiger partial charge on any atom is 0.158 e. The van der Waals surface area contributed by atoms with Crippen LogP contribution >= 0.6 is 0 Å². The number of anilines is 2. The van der Waals surface area contributed by atoms with Crippen molar-refractivity contribution in [1.29, 1.82) is 5.26 Å². The van der Waals surface area contributed by atoms with Crippen molar-refractivity contribution in [2.45, 2.75) is 6.42 Å². The van der Waals surface area contributed by atoms with Gasteiger partial charge >= 0.3 is 0 Å². The van der Waals surface area contributed by atoms with Gasteiger partial charge in [0.2, 0.25) is 0 Å². The molecule has 0 radical (unpaired) electrons. The normalized spacial score (nSPS) is 15.7. The minimum absolute atomic E-state index is 0.256. The van der Waals surface area contributed by atoms with E-state index in [2.05, 4.69) is 30.8 Å². The molecule has 1 fully saturated rings. The average molecular weight is 391 g/mol. The van der Waals surface area contributed by atoms with Crippen LogP contribution in [0.3, 0.4) is 0 Å². The number of hydrogen-bond donors (Lipinski definition) is 3. The van der Waals surface area contributed by atoms with E-state index in [-0.39, 0.29) is 5.69 Å². The fraction of sp³-hybridized carbons (Fsp3) is 0.300. The van der Waals surface area contributed by atoms with Gasteiger partial charge in [0.1, 0.15) is 23.4 Å². The summed E-state index contributed by atoms with van der Waals surface area (Å²) in [5.74, 6) is 3.00. The van der Waals surface area contributed by atoms with Crippen LogP contribution in [0.5, 0.6) is 11.5 Å². The van der Waals surface area contributed by atoms with Crippen LogP contribution in [-0.4, -0.2) is 47.0 Å². The fourth-order valence-corrected chi connectivity index (χ4v) is 3.23. The smallest absolute Gasteiger partial charge is 0.158 e. The summed E-state index contributed by atoms with van der Waals surface area (Å²) in [5, 5.41) is 22.6. The lowest BCUT2D eigenvalue weighted by molar-refractivity contribution is 0.260. The molecule has 29 heavy (non-hydrogen) atoms. The third-order valence-corrected chi connectivity index (χ3v) is 4.71. The van der Waals surface area contributed by atoms with Gasteiger partial charge in [0, 0.05) is 18.5 Å². The largest absolute Gasteiger partial charge is 0.496 e. The van der Waals surface area contributed by atoms with Gasteiger partial charge in [0.05, 0.1) is 37.4 Å². The van der Waals surface area contributed by atoms with Crippen molar-refractivity contribution in [3.05, 3.63) is 42.4 Å². The predicted molar refractivity (Wildman–Crippen MR) is 107 cm³/mol. The molecule has 9 heteroatoms. The second-order valence-electron chi connectivity index (χ2n) is 6.69. The Balaban J connectivity index is 1.56. The number of rotatable bonds is 7. The topological polar surface area (TPSA) is 121 Å². The zero-order valence-electron chi connectivity index (χ0n) is 16.0. The molecule has 4 rings (SSSR count). The number of nitrogens with zero attached hydrogens (tertiary/aromatic N) is 4. The van der Waals surface area contributed by atoms with Crippen molar-refractivity contribution in [3.63, 3.8) is 0 Å². The molecule has 1 atom stereocenters. The van der Waals surface area contributed by atoms with Crippen LogP contribution in [0.1, 0.15) is 12.1 Å². The zero-order valence-corrected chi connectivity index (χ0v) is 16.0. The second kappa shape index (κ2) is 8.58. The molecular weight excluding hydrogens is 370 g/mol. The van der Waals surface area contributed by atoms with Gasteiger partial charge in [0.25, 0.3) is 0 Å². The van der Waals surface area contributed by atoms with E-state index in [1.807, 2.05) is 30.3 Å². The van der Waals surface area contributed by atoms with Gasteiger partial charge in [-0.25, -0.2) is 9.97 Å². The highest BCUT2D eigenvalue weighted by Crippen LogP contribution is 2.38. The quantitative estimate of drug-likeness (QED) is 0.562. The maximum atomic E-state index is 8.82. The lowest BCUT2D eigenvalue weighted by Crippen LogP contribution is -2.15. The van der Waals surface area contributed by atoms with E-state index < -0.39 is 0 Å². The third-order valence-electron chi connectivity index (χ3n) is 4.71. The first-order valence-corrected chi connectivity index (χ1v) is 9.32. The SMILES string of the molecule is COc1cccc(OCC2CCNC2)c1-c1cc(Nc2cnc(C#N)cn2)n[nH]1. The molecule has 1 aromatic carbocycles. The van der Waals surface area contributed by atoms with Crippen molar-refractivity contribution in [2.24, 2.45) is 5.92 Å². The van der Waals surface area contributed by atoms with E-state index in [0.717, 1.165) is 36.5 Å². The number of hydrogen-bond acceptors (Lipinski definition) is 8. The zero-order chi connectivity index (χ0) is 20.1. The van der Waals surface area contributed by atoms with Gasteiger partial charge in [-0.3, -0.25) is 5.10 Å². The summed E-state index contributed by atoms with van der Waals surface area (Å²) in [4.78, 5) is 8.14. The Hall–Kier alpha value is -3.64. The Labute approximate surface area is 168 Å². The van der Waals surface area contributed by atoms with Crippen LogP contribution in [0.15, 0.2) is 36.7 Å². The van der Waals surface area contributed by atoms with E-state index in [1.54, 1.807) is 7.11 Å². The third kappa shape index (κ3) is 4.28. The van der Waals surface area contributed by atoms with Crippen molar-refractivity contribution < 1.29 is 9.47 Å². The van der Waals surface area contributed by atoms with Crippen molar-refractivity contribution in [3.8, 4) is 28.8 Å². The second-order valence-corrected chi connectivity index (χ2v) is 6.69. The first kappa shape index (κ1) is 18.7. The summed E-state index contributed by atoms with van der Waals surface area (Å²) in [6.45, 7) is 2.66. The summed E-state index contributed by atoms with van der Waals surface area (Å²) in [6, 6.07) is 9.52. The standard InChI is InChI=1S/C20H21N7O2/c1-28-16-3-2-4-17(29-12-13-5-6-22-9-13)20(16)15-7-18(27-26-15)25-19-11-23-14(8-21)10-24-19/h2-4,7,10-11,13,22H,5-6,9,12H2,1H3,(H2,24,25,26,27). The molecule has 0 amide bonds. The Morgan fingerprint density at radius 3 is 2.86 bits per heavy atom. The van der Waals surface area contributed by atoms with Crippen LogP contribution in [0.25, 0.3) is 11.3 Å². The molecule has 0 bridgehead atoms. The van der Waals surface area contributed by atoms with Crippen molar-refractivity contribution >= 4 is 11.6 Å². The number of aromatic nitrogens is 4. The summed E-state index contributed by atoms with van der Waals surface area (Å²) in [7, 11) is 1.63. The Morgan fingerprint density at radius 2 is 2.14 bits per heavy atom. The van der Waals surface area contributed by atoms with E-state index in [9.17, 15) is 0 Å². The minimum Gasteiger partial charge on any atom is -0.496 e. The van der Waals surface area contributed by atoms with Gasteiger partial charge in [0.15, 0.2) is 11.5 Å². The first-order valence-electron chi connectivity index (χ1n) is 9.32. The monoisotopic (exact) mass is 391 g/mol. The van der Waals surface area contributed by atoms with E-state index in [4.69, 9.17) is 14.7 Å². The molecule has 3 heterocycles. The van der Waals surface area contributed by atoms with E-state index >= 15 is 0 Å². The number of methoxy groups -OCH3 is 1. The number of nitriles is 1. The maximum absolute atomic E-state index is 8.82. The highest BCUT2D eigenvalue weighted by Gasteiger charge is 2.19. The molecule has 1 saturated heterocycles. The molecule has 3 N–H and O–H groups in total. The minimum atomic E-state index is 0.256. The van der Waals surface area contributed by atoms with E-state index in [1.165, 1.54) is 12.4 Å². The van der Waals surface area contributed by atoms with E-state index in [0.29, 0.717) is 29.9 Å². The Morgan fingerprint density at radius 1 is 1.24 bits per heavy atom. The molecule has 9 nitrogen and oxygen atoms in total. The fourth-order valence-electron chi connectivity index (χ4n) is 3.23. The van der Waals surface area contributed by atoms with Crippen LogP contribution < -0.4 is 20.1 Å². The number of H-pyrrole nitrogens is 1. The predicted octanol–water partition coefficient (Wildman–Crippen LogP) is 2.48. The number of ether oxygens (including phenoxy) is 2. The molecule has 1 aliphatic heterocycles. The number of aromatic amines is 1. The molecule has 0 spiro atoms. The lowest BCUT2D eigenvalue weighted by Gasteiger charge is -2.16. The number of benzene rings is 1. The Kier molecular flexibility index (Phi) is 5.54. The van der Waals surface area contributed by atoms with Crippen LogP contribution in [0, 0.1) is 17.2 Å². The lowest BCUT2D eigenvalue weighted by atomic mass is 10.1. The number of nitrogens with one attached hydrogen (secondary N) is 3. The van der Waals surface area contributed by atoms with Crippen molar-refractivity contribution in [1.82, 2.24) is 25.5 Å². The molecular formula is C20H21N7O2. The molecule has 1 aliphatic rings. The van der Waals surface area contributed by atoms with Gasteiger partial charge in [-0.2, -0.15) is 10.4 Å². The average Bonchev–Trinajstić information content (AvgIpc) is 3.44. The van der Waals surface area contributed by atoms with Crippen LogP contribution in [0.4, 0.5) is 11.6 Å². The summed E-state index contributed by atoms with van der Waals surface area (Å²) in [6.07, 6.45) is 4.00. The summed E-state index contributed by atoms with van der Waals surface area (Å²) >= 11 is 0. The molecule has 2 aromatic heterocycles. The van der Waals surface area contributed by atoms with Gasteiger partial charge in [-0.1, -0.05) is 6.07 Å². The van der Waals surface area contributed by atoms with Gasteiger partial charge in [-0.05, 0) is 25.1 Å². The Bertz CT molecular complexity index is 1000. The molecule has 1 unspecified atom stereocenters. The molecule has 148 valence electrons. The van der Waals surface area contributed by atoms with Crippen molar-refractivity contribution in [2.75, 3.05) is 32.1 Å². The molecule has 3 aromatic rings. The van der Waals surface area contributed by atoms with Crippen LogP contribution in [-0.2, 0) is 0 Å². The first-order chi connectivity index (χ1) is 14.3. The summed E-state index contributed by atoms with van der Waals surface area (Å²) < 4.78 is 11.7. The van der Waals surface area contributed by atoms with Crippen LogP contribution in [0.2, 0.25) is 0 Å². The van der Waals surface area contributed by atoms with Gasteiger partial charge in [-0.15, -0.1) is 0 Å². The summed E-state index contributed by atoms with van der Waals surface area (Å²) in [5.41, 5.74) is 1.82. The highest BCUT2D eigenvalue weighted by atomic mass is 16.5. The highest BCUT2D eigenvalue weighted by molar-refractivity contribution is 5.76. The van der Waals surface area contributed by atoms with Gasteiger partial charge < -0.3 is 20.1 Å². The molecule has 0 aliphatic carbocycles. The molecule has 0 saturated carbocycles.